The third kappa shape index (κ3) is 5.33. The lowest BCUT2D eigenvalue weighted by atomic mass is 9.89. The summed E-state index contributed by atoms with van der Waals surface area (Å²) in [5.41, 5.74) is 13.2. The highest BCUT2D eigenvalue weighted by Crippen LogP contribution is 2.34. The minimum atomic E-state index is 0.650. The number of methoxy groups -OCH3 is 1. The van der Waals surface area contributed by atoms with E-state index in [1.807, 2.05) is 72.8 Å². The number of pyridine rings is 1. The predicted octanol–water partition coefficient (Wildman–Crippen LogP) is 6.26. The zero-order valence-corrected chi connectivity index (χ0v) is 21.0. The smallest absolute Gasteiger partial charge is 0.143 e. The highest BCUT2D eigenvalue weighted by molar-refractivity contribution is 6.12. The van der Waals surface area contributed by atoms with E-state index in [1.54, 1.807) is 13.3 Å². The van der Waals surface area contributed by atoms with Gasteiger partial charge in [-0.3, -0.25) is 0 Å². The van der Waals surface area contributed by atoms with Gasteiger partial charge in [-0.1, -0.05) is 61.2 Å². The molecule has 4 N–H and O–H groups in total. The monoisotopic (exact) mass is 489 g/mol. The van der Waals surface area contributed by atoms with Crippen LogP contribution in [-0.4, -0.2) is 17.9 Å². The van der Waals surface area contributed by atoms with Crippen molar-refractivity contribution in [1.82, 2.24) is 10.3 Å². The van der Waals surface area contributed by atoms with Crippen molar-refractivity contribution < 1.29 is 4.74 Å². The van der Waals surface area contributed by atoms with Gasteiger partial charge in [0.05, 0.1) is 12.8 Å². The van der Waals surface area contributed by atoms with E-state index in [-0.39, 0.29) is 0 Å². The van der Waals surface area contributed by atoms with E-state index in [0.29, 0.717) is 23.2 Å². The normalized spacial score (nSPS) is 16.3. The molecule has 186 valence electrons. The highest BCUT2D eigenvalue weighted by Gasteiger charge is 2.26. The van der Waals surface area contributed by atoms with Crippen LogP contribution in [0.1, 0.15) is 36.8 Å². The molecule has 0 radical (unpaired) electrons. The first kappa shape index (κ1) is 24.1. The molecule has 6 nitrogen and oxygen atoms in total. The van der Waals surface area contributed by atoms with Crippen molar-refractivity contribution in [1.29, 1.82) is 0 Å². The number of nitrogens with two attached hydrogens (primary N) is 1. The molecular weight excluding hydrogens is 458 g/mol. The molecule has 0 amide bonds. The fraction of sp³-hybridized carbons (Fsp3) is 0.161. The van der Waals surface area contributed by atoms with Gasteiger partial charge in [-0.05, 0) is 66.6 Å². The molecule has 2 aromatic carbocycles. The van der Waals surface area contributed by atoms with Gasteiger partial charge in [0.1, 0.15) is 23.2 Å². The number of nitrogens with one attached hydrogen (secondary N) is 2. The van der Waals surface area contributed by atoms with Crippen LogP contribution >= 0.6 is 0 Å². The van der Waals surface area contributed by atoms with Gasteiger partial charge in [-0.25, -0.2) is 9.98 Å². The second-order valence-corrected chi connectivity index (χ2v) is 8.99. The molecule has 0 saturated heterocycles. The van der Waals surface area contributed by atoms with Gasteiger partial charge >= 0.3 is 0 Å². The number of rotatable bonds is 7. The van der Waals surface area contributed by atoms with Crippen LogP contribution in [0.5, 0.6) is 5.75 Å². The van der Waals surface area contributed by atoms with Crippen LogP contribution in [0.25, 0.3) is 11.3 Å². The number of anilines is 1. The second kappa shape index (κ2) is 11.0. The molecule has 2 heterocycles. The predicted molar refractivity (Wildman–Crippen MR) is 152 cm³/mol. The summed E-state index contributed by atoms with van der Waals surface area (Å²) >= 11 is 0. The molecule has 5 rings (SSSR count). The minimum absolute atomic E-state index is 0.650. The summed E-state index contributed by atoms with van der Waals surface area (Å²) in [7, 11) is 1.66. The van der Waals surface area contributed by atoms with Crippen molar-refractivity contribution in [3.05, 3.63) is 125 Å². The Morgan fingerprint density at radius 2 is 1.78 bits per heavy atom. The van der Waals surface area contributed by atoms with E-state index < -0.39 is 0 Å². The van der Waals surface area contributed by atoms with Crippen LogP contribution in [-0.2, 0) is 0 Å². The summed E-state index contributed by atoms with van der Waals surface area (Å²) in [4.78, 5) is 9.58. The average molecular weight is 490 g/mol. The zero-order valence-electron chi connectivity index (χ0n) is 21.0. The second-order valence-electron chi connectivity index (χ2n) is 8.99. The Kier molecular flexibility index (Phi) is 7.17. The molecule has 3 aromatic rings. The molecule has 0 saturated carbocycles. The number of aliphatic imine (C=N–C) groups is 1. The van der Waals surface area contributed by atoms with Crippen molar-refractivity contribution in [3.8, 4) is 5.75 Å². The number of nitrogens with zero attached hydrogens (tertiary/aromatic N) is 2. The maximum Gasteiger partial charge on any atom is 0.143 e. The molecule has 0 spiro atoms. The van der Waals surface area contributed by atoms with Crippen molar-refractivity contribution in [2.45, 2.75) is 25.7 Å². The summed E-state index contributed by atoms with van der Waals surface area (Å²) in [6.45, 7) is 4.39. The summed E-state index contributed by atoms with van der Waals surface area (Å²) in [6, 6.07) is 23.7. The van der Waals surface area contributed by atoms with Gasteiger partial charge in [0.2, 0.25) is 0 Å². The Morgan fingerprint density at radius 3 is 2.46 bits per heavy atom. The van der Waals surface area contributed by atoms with E-state index in [0.717, 1.165) is 53.0 Å². The largest absolute Gasteiger partial charge is 0.497 e. The third-order valence-electron chi connectivity index (χ3n) is 6.52. The maximum absolute atomic E-state index is 6.85. The van der Waals surface area contributed by atoms with Gasteiger partial charge in [-0.2, -0.15) is 0 Å². The first-order valence-electron chi connectivity index (χ1n) is 12.5. The molecule has 0 bridgehead atoms. The van der Waals surface area contributed by atoms with Crippen LogP contribution in [0, 0.1) is 0 Å². The van der Waals surface area contributed by atoms with Crippen LogP contribution < -0.4 is 21.1 Å². The summed E-state index contributed by atoms with van der Waals surface area (Å²) in [5.74, 6) is 2.81. The van der Waals surface area contributed by atoms with Gasteiger partial charge < -0.3 is 21.1 Å². The quantitative estimate of drug-likeness (QED) is 0.365. The summed E-state index contributed by atoms with van der Waals surface area (Å²) in [5, 5.41) is 6.91. The lowest BCUT2D eigenvalue weighted by molar-refractivity contribution is 0.415. The molecule has 2 aliphatic rings. The van der Waals surface area contributed by atoms with Crippen LogP contribution in [0.15, 0.2) is 119 Å². The molecule has 0 atom stereocenters. The first-order chi connectivity index (χ1) is 18.1. The summed E-state index contributed by atoms with van der Waals surface area (Å²) in [6.07, 6.45) is 8.33. The number of aromatic nitrogens is 1. The first-order valence-corrected chi connectivity index (χ1v) is 12.5. The SMILES string of the molecule is C=C1NC(/C(C2=CCCCC2)=C(\N)c2ccccc2)=NC(Nc2ccccn2)=C1c1ccc(OC)cc1. The molecule has 1 aromatic heterocycles. The van der Waals surface area contributed by atoms with Crippen LogP contribution in [0.2, 0.25) is 0 Å². The van der Waals surface area contributed by atoms with Gasteiger partial charge in [0.15, 0.2) is 0 Å². The molecule has 37 heavy (non-hydrogen) atoms. The van der Waals surface area contributed by atoms with Gasteiger partial charge in [-0.15, -0.1) is 0 Å². The van der Waals surface area contributed by atoms with E-state index >= 15 is 0 Å². The minimum Gasteiger partial charge on any atom is -0.497 e. The Labute approximate surface area is 218 Å². The lowest BCUT2D eigenvalue weighted by Crippen LogP contribution is -2.32. The standard InChI is InChI=1S/C31H31N5O/c1-21-27(23-16-18-25(37-2)19-17-23)30(35-26-15-9-10-20-33-26)36-31(34-21)28(22-11-5-3-6-12-22)29(32)24-13-7-4-8-14-24/h4,7-11,13-20H,1,3,5-6,12,32H2,2H3,(H,33,35)(H,34,36)/b29-28-. The number of hydrogen-bond acceptors (Lipinski definition) is 6. The average Bonchev–Trinajstić information content (AvgIpc) is 2.95. The maximum atomic E-state index is 6.85. The molecule has 6 heteroatoms. The number of hydrogen-bond donors (Lipinski definition) is 3. The Bertz CT molecular complexity index is 1400. The number of ether oxygens (including phenoxy) is 1. The molecule has 1 aliphatic heterocycles. The van der Waals surface area contributed by atoms with Crippen LogP contribution in [0.3, 0.4) is 0 Å². The van der Waals surface area contributed by atoms with E-state index in [9.17, 15) is 0 Å². The highest BCUT2D eigenvalue weighted by atomic mass is 16.5. The fourth-order valence-corrected chi connectivity index (χ4v) is 4.66. The van der Waals surface area contributed by atoms with Crippen molar-refractivity contribution >= 4 is 22.9 Å². The van der Waals surface area contributed by atoms with Crippen molar-refractivity contribution in [2.75, 3.05) is 12.4 Å². The lowest BCUT2D eigenvalue weighted by Gasteiger charge is -2.28. The fourth-order valence-electron chi connectivity index (χ4n) is 4.66. The zero-order chi connectivity index (χ0) is 25.6. The third-order valence-corrected chi connectivity index (χ3v) is 6.52. The van der Waals surface area contributed by atoms with Crippen molar-refractivity contribution in [2.24, 2.45) is 10.7 Å². The summed E-state index contributed by atoms with van der Waals surface area (Å²) < 4.78 is 5.36. The Morgan fingerprint density at radius 1 is 1.00 bits per heavy atom. The van der Waals surface area contributed by atoms with Crippen LogP contribution in [0.4, 0.5) is 5.82 Å². The molecule has 0 unspecified atom stereocenters. The number of benzene rings is 2. The molecule has 1 aliphatic carbocycles. The Hall–Kier alpha value is -4.58. The van der Waals surface area contributed by atoms with E-state index in [4.69, 9.17) is 15.5 Å². The van der Waals surface area contributed by atoms with E-state index in [2.05, 4.69) is 28.3 Å². The molecular formula is C31H31N5O. The van der Waals surface area contributed by atoms with Crippen molar-refractivity contribution in [3.63, 3.8) is 0 Å². The number of amidine groups is 1. The Balaban J connectivity index is 1.68. The topological polar surface area (TPSA) is 84.6 Å². The van der Waals surface area contributed by atoms with E-state index in [1.165, 1.54) is 12.0 Å². The van der Waals surface area contributed by atoms with Gasteiger partial charge in [0.25, 0.3) is 0 Å². The number of allylic oxidation sites excluding steroid dienone is 2. The van der Waals surface area contributed by atoms with Gasteiger partial charge in [0, 0.05) is 23.0 Å². The molecule has 0 fully saturated rings.